The molecule has 43 heavy (non-hydrogen) atoms. The topological polar surface area (TPSA) is 112 Å². The maximum Gasteiger partial charge on any atom is 0.339 e. The summed E-state index contributed by atoms with van der Waals surface area (Å²) in [6.07, 6.45) is 4.21. The van der Waals surface area contributed by atoms with Gasteiger partial charge in [0.05, 0.1) is 36.4 Å². The van der Waals surface area contributed by atoms with Crippen LogP contribution >= 0.6 is 12.4 Å². The molecule has 3 unspecified atom stereocenters. The molecule has 10 nitrogen and oxygen atoms in total. The minimum absolute atomic E-state index is 0. The van der Waals surface area contributed by atoms with Crippen LogP contribution in [0.4, 0.5) is 0 Å². The maximum absolute atomic E-state index is 13.6. The molecule has 0 amide bonds. The second-order valence-corrected chi connectivity index (χ2v) is 14.2. The summed E-state index contributed by atoms with van der Waals surface area (Å²) in [5, 5.41) is 4.94. The zero-order valence-corrected chi connectivity index (χ0v) is 26.9. The first-order valence-corrected chi connectivity index (χ1v) is 15.6. The summed E-state index contributed by atoms with van der Waals surface area (Å²) in [5.41, 5.74) is -1.27. The number of rotatable bonds is 7. The summed E-state index contributed by atoms with van der Waals surface area (Å²) in [6.45, 7) is 16.4. The number of carbonyl (C=O) groups is 2. The highest BCUT2D eigenvalue weighted by atomic mass is 35.5. The normalized spacial score (nSPS) is 44.6. The number of likely N-dealkylation sites (N-methyl/N-ethyl adjacent to an activating group) is 1. The minimum atomic E-state index is -0.861. The van der Waals surface area contributed by atoms with Crippen LogP contribution in [0.1, 0.15) is 78.9 Å². The molecule has 0 aromatic carbocycles. The number of esters is 2. The third kappa shape index (κ3) is 3.85. The largest absolute Gasteiger partial charge is 0.472 e. The lowest BCUT2D eigenvalue weighted by Gasteiger charge is -2.65. The smallest absolute Gasteiger partial charge is 0.339 e. The van der Waals surface area contributed by atoms with Gasteiger partial charge in [-0.3, -0.25) is 4.79 Å². The number of ether oxygens (including phenoxy) is 4. The van der Waals surface area contributed by atoms with E-state index in [1.807, 2.05) is 6.07 Å². The Balaban J connectivity index is 0.00000329. The van der Waals surface area contributed by atoms with E-state index in [0.29, 0.717) is 19.6 Å². The molecule has 5 heterocycles. The molecule has 2 spiro atoms. The number of furan rings is 1. The second kappa shape index (κ2) is 10.2. The van der Waals surface area contributed by atoms with Gasteiger partial charge in [-0.2, -0.15) is 0 Å². The molecule has 7 rings (SSSR count). The van der Waals surface area contributed by atoms with Crippen molar-refractivity contribution < 1.29 is 37.8 Å². The Morgan fingerprint density at radius 3 is 2.51 bits per heavy atom. The molecule has 6 aliphatic rings. The lowest BCUT2D eigenvalue weighted by molar-refractivity contribution is -0.209. The van der Waals surface area contributed by atoms with E-state index in [9.17, 15) is 9.59 Å². The predicted octanol–water partition coefficient (Wildman–Crippen LogP) is 4.70. The van der Waals surface area contributed by atoms with E-state index in [2.05, 4.69) is 46.4 Å². The maximum atomic E-state index is 13.6. The van der Waals surface area contributed by atoms with Crippen LogP contribution < -0.4 is 0 Å². The molecule has 0 N–H and O–H groups in total. The van der Waals surface area contributed by atoms with Gasteiger partial charge >= 0.3 is 11.9 Å². The number of hydrogen-bond donors (Lipinski definition) is 0. The number of nitrogens with zero attached hydrogens (tertiary/aromatic N) is 2. The number of fused-ring (bicyclic) bond motifs is 1. The van der Waals surface area contributed by atoms with Crippen molar-refractivity contribution in [3.8, 4) is 0 Å². The standard InChI is InChI=1S/C32H44N2O8.ClH/c1-7-34(8-2)12-14-39-33-22-15-21-28(3,4)41-23-16-24(35)38-18-31(21,23)20-9-11-29(5)25(19-10-13-37-17-19)40-27(36)26-32(29,42-26)30(20,22)6;/h10,13,17,20-21,23,25-26H,7-9,11-12,14-16,18H2,1-6H3;1H/b33-22-;/t20?,21?,23?,25-,26+,29-,30-,31+,32+;/m0./s1. The molecule has 1 aromatic heterocycles. The van der Waals surface area contributed by atoms with Crippen LogP contribution in [0.2, 0.25) is 0 Å². The van der Waals surface area contributed by atoms with Gasteiger partial charge in [0, 0.05) is 34.3 Å². The number of hydrogen-bond acceptors (Lipinski definition) is 10. The number of carbonyl (C=O) groups excluding carboxylic acids is 2. The van der Waals surface area contributed by atoms with Gasteiger partial charge in [-0.1, -0.05) is 32.9 Å². The fourth-order valence-corrected chi connectivity index (χ4v) is 10.3. The number of cyclic esters (lactones) is 2. The van der Waals surface area contributed by atoms with Crippen LogP contribution in [0, 0.1) is 28.1 Å². The first-order chi connectivity index (χ1) is 20.0. The molecule has 2 saturated carbocycles. The van der Waals surface area contributed by atoms with E-state index in [1.165, 1.54) is 0 Å². The van der Waals surface area contributed by atoms with Crippen molar-refractivity contribution in [2.24, 2.45) is 33.2 Å². The molecule has 2 aliphatic carbocycles. The molecular formula is C32H45ClN2O8. The first-order valence-electron chi connectivity index (χ1n) is 15.6. The summed E-state index contributed by atoms with van der Waals surface area (Å²) in [7, 11) is 0. The first kappa shape index (κ1) is 30.9. The van der Waals surface area contributed by atoms with Crippen LogP contribution in [0.3, 0.4) is 0 Å². The summed E-state index contributed by atoms with van der Waals surface area (Å²) < 4.78 is 30.9. The van der Waals surface area contributed by atoms with Gasteiger partial charge in [-0.25, -0.2) is 4.79 Å². The molecule has 6 fully saturated rings. The Labute approximate surface area is 259 Å². The van der Waals surface area contributed by atoms with Crippen LogP contribution in [-0.4, -0.2) is 78.8 Å². The molecule has 4 aliphatic heterocycles. The van der Waals surface area contributed by atoms with Gasteiger partial charge in [0.1, 0.15) is 24.9 Å². The zero-order chi connectivity index (χ0) is 29.7. The van der Waals surface area contributed by atoms with E-state index in [4.69, 9.17) is 33.4 Å². The van der Waals surface area contributed by atoms with Crippen molar-refractivity contribution in [2.45, 2.75) is 96.7 Å². The van der Waals surface area contributed by atoms with Crippen LogP contribution in [0.25, 0.3) is 0 Å². The Morgan fingerprint density at radius 2 is 1.81 bits per heavy atom. The van der Waals surface area contributed by atoms with Crippen molar-refractivity contribution in [3.05, 3.63) is 24.2 Å². The zero-order valence-electron chi connectivity index (χ0n) is 26.1. The molecule has 11 heteroatoms. The van der Waals surface area contributed by atoms with E-state index in [0.717, 1.165) is 43.8 Å². The van der Waals surface area contributed by atoms with E-state index < -0.39 is 39.7 Å². The average Bonchev–Trinajstić information content (AvgIpc) is 3.44. The van der Waals surface area contributed by atoms with Gasteiger partial charge in [-0.05, 0) is 58.2 Å². The Hall–Kier alpha value is -2.14. The van der Waals surface area contributed by atoms with Crippen molar-refractivity contribution >= 4 is 30.1 Å². The molecule has 0 radical (unpaired) electrons. The van der Waals surface area contributed by atoms with E-state index in [-0.39, 0.29) is 48.7 Å². The van der Waals surface area contributed by atoms with Crippen LogP contribution in [0.5, 0.6) is 0 Å². The van der Waals surface area contributed by atoms with Crippen molar-refractivity contribution in [2.75, 3.05) is 32.8 Å². The molecular weight excluding hydrogens is 576 g/mol. The fourth-order valence-electron chi connectivity index (χ4n) is 10.3. The highest BCUT2D eigenvalue weighted by Gasteiger charge is 2.89. The van der Waals surface area contributed by atoms with E-state index >= 15 is 0 Å². The summed E-state index contributed by atoms with van der Waals surface area (Å²) in [4.78, 5) is 34.6. The SMILES string of the molecule is CCN(CC)CCO/N=C1/CC2C(C)(C)OC3CC(=O)OC[C@]32C2CC[C@@]3(C)[C@H](c4ccoc4)OC(=O)[C@H]4O[C@]43[C@]12C.Cl. The molecule has 4 saturated heterocycles. The van der Waals surface area contributed by atoms with Crippen molar-refractivity contribution in [1.82, 2.24) is 4.90 Å². The van der Waals surface area contributed by atoms with Crippen molar-refractivity contribution in [3.63, 3.8) is 0 Å². The molecule has 238 valence electrons. The lowest BCUT2D eigenvalue weighted by Crippen LogP contribution is -2.72. The van der Waals surface area contributed by atoms with Gasteiger partial charge in [0.15, 0.2) is 6.10 Å². The van der Waals surface area contributed by atoms with Crippen LogP contribution in [0.15, 0.2) is 28.2 Å². The third-order valence-corrected chi connectivity index (χ3v) is 12.3. The number of oxime groups is 1. The van der Waals surface area contributed by atoms with Gasteiger partial charge < -0.3 is 33.1 Å². The highest BCUT2D eigenvalue weighted by molar-refractivity contribution is 5.96. The fraction of sp³-hybridized carbons (Fsp3) is 0.781. The third-order valence-electron chi connectivity index (χ3n) is 12.3. The lowest BCUT2D eigenvalue weighted by atomic mass is 9.37. The Kier molecular flexibility index (Phi) is 7.31. The molecule has 1 aromatic rings. The predicted molar refractivity (Wildman–Crippen MR) is 158 cm³/mol. The monoisotopic (exact) mass is 620 g/mol. The minimum Gasteiger partial charge on any atom is -0.472 e. The summed E-state index contributed by atoms with van der Waals surface area (Å²) in [6, 6.07) is 1.87. The summed E-state index contributed by atoms with van der Waals surface area (Å²) >= 11 is 0. The van der Waals surface area contributed by atoms with E-state index in [1.54, 1.807) is 12.5 Å². The van der Waals surface area contributed by atoms with Gasteiger partial charge in [0.25, 0.3) is 0 Å². The second-order valence-electron chi connectivity index (χ2n) is 14.2. The molecule has 9 atom stereocenters. The number of epoxide rings is 1. The highest BCUT2D eigenvalue weighted by Crippen LogP contribution is 2.80. The average molecular weight is 621 g/mol. The van der Waals surface area contributed by atoms with Crippen LogP contribution in [-0.2, 0) is 33.4 Å². The summed E-state index contributed by atoms with van der Waals surface area (Å²) in [5.74, 6) is -0.521. The van der Waals surface area contributed by atoms with Gasteiger partial charge in [-0.15, -0.1) is 12.4 Å². The quantitative estimate of drug-likeness (QED) is 0.185. The molecule has 0 bridgehead atoms. The van der Waals surface area contributed by atoms with Crippen molar-refractivity contribution in [1.29, 1.82) is 0 Å². The number of halogens is 1. The Bertz CT molecular complexity index is 1300. The van der Waals surface area contributed by atoms with Gasteiger partial charge in [0.2, 0.25) is 0 Å². The Morgan fingerprint density at radius 1 is 1.05 bits per heavy atom.